The number of phenols is 1. The Balaban J connectivity index is 2.79. The van der Waals surface area contributed by atoms with Crippen molar-refractivity contribution < 1.29 is 27.1 Å². The summed E-state index contributed by atoms with van der Waals surface area (Å²) in [4.78, 5) is 0. The van der Waals surface area contributed by atoms with Gasteiger partial charge in [-0.25, -0.2) is 22.0 Å². The molecule has 0 aliphatic heterocycles. The molecular formula is C12H6F5NO. The van der Waals surface area contributed by atoms with E-state index in [2.05, 4.69) is 0 Å². The molecular weight excluding hydrogens is 269 g/mol. The van der Waals surface area contributed by atoms with Crippen molar-refractivity contribution in [2.24, 2.45) is 0 Å². The molecule has 2 aromatic carbocycles. The van der Waals surface area contributed by atoms with E-state index in [9.17, 15) is 22.0 Å². The fourth-order valence-electron chi connectivity index (χ4n) is 1.57. The summed E-state index contributed by atoms with van der Waals surface area (Å²) >= 11 is 0. The third-order valence-electron chi connectivity index (χ3n) is 2.53. The van der Waals surface area contributed by atoms with Crippen molar-refractivity contribution in [2.45, 2.75) is 0 Å². The molecule has 0 aliphatic rings. The molecule has 0 atom stereocenters. The number of hydrogen-bond donors (Lipinski definition) is 2. The van der Waals surface area contributed by atoms with Crippen LogP contribution in [-0.2, 0) is 0 Å². The Kier molecular flexibility index (Phi) is 3.05. The maximum Gasteiger partial charge on any atom is 0.200 e. The van der Waals surface area contributed by atoms with Crippen LogP contribution in [0.1, 0.15) is 0 Å². The van der Waals surface area contributed by atoms with E-state index in [1.54, 1.807) is 0 Å². The first-order chi connectivity index (χ1) is 8.84. The summed E-state index contributed by atoms with van der Waals surface area (Å²) in [5, 5.41) is 9.16. The van der Waals surface area contributed by atoms with Gasteiger partial charge in [0.1, 0.15) is 5.75 Å². The lowest BCUT2D eigenvalue weighted by Crippen LogP contribution is -2.04. The Morgan fingerprint density at radius 1 is 0.789 bits per heavy atom. The van der Waals surface area contributed by atoms with Gasteiger partial charge in [-0.05, 0) is 17.7 Å². The van der Waals surface area contributed by atoms with Crippen molar-refractivity contribution in [1.82, 2.24) is 0 Å². The second-order valence-corrected chi connectivity index (χ2v) is 3.72. The Morgan fingerprint density at radius 3 is 1.74 bits per heavy atom. The molecule has 19 heavy (non-hydrogen) atoms. The summed E-state index contributed by atoms with van der Waals surface area (Å²) in [7, 11) is 0. The number of halogens is 5. The van der Waals surface area contributed by atoms with E-state index in [1.807, 2.05) is 0 Å². The molecule has 0 unspecified atom stereocenters. The van der Waals surface area contributed by atoms with Gasteiger partial charge in [-0.3, -0.25) is 0 Å². The fraction of sp³-hybridized carbons (Fsp3) is 0. The fourth-order valence-corrected chi connectivity index (χ4v) is 1.57. The average molecular weight is 275 g/mol. The Hall–Kier alpha value is -2.31. The summed E-state index contributed by atoms with van der Waals surface area (Å²) < 4.78 is 65.9. The van der Waals surface area contributed by atoms with E-state index in [0.29, 0.717) is 0 Å². The normalized spacial score (nSPS) is 10.8. The lowest BCUT2D eigenvalue weighted by atomic mass is 10.0. The van der Waals surface area contributed by atoms with Gasteiger partial charge in [0.25, 0.3) is 0 Å². The first kappa shape index (κ1) is 13.1. The summed E-state index contributed by atoms with van der Waals surface area (Å²) in [5.74, 6) is -10.6. The first-order valence-corrected chi connectivity index (χ1v) is 4.95. The van der Waals surface area contributed by atoms with E-state index in [1.165, 1.54) is 0 Å². The molecule has 0 aliphatic carbocycles. The highest BCUT2D eigenvalue weighted by Gasteiger charge is 2.26. The van der Waals surface area contributed by atoms with Gasteiger partial charge in [-0.1, -0.05) is 6.07 Å². The molecule has 0 amide bonds. The molecule has 3 N–H and O–H groups in total. The van der Waals surface area contributed by atoms with Crippen LogP contribution in [0, 0.1) is 29.1 Å². The number of aromatic hydroxyl groups is 1. The van der Waals surface area contributed by atoms with Gasteiger partial charge in [0.15, 0.2) is 23.3 Å². The van der Waals surface area contributed by atoms with Gasteiger partial charge >= 0.3 is 0 Å². The van der Waals surface area contributed by atoms with Gasteiger partial charge < -0.3 is 10.8 Å². The third kappa shape index (κ3) is 1.96. The number of rotatable bonds is 1. The van der Waals surface area contributed by atoms with E-state index >= 15 is 0 Å². The van der Waals surface area contributed by atoms with Crippen molar-refractivity contribution in [3.8, 4) is 16.9 Å². The summed E-state index contributed by atoms with van der Waals surface area (Å²) in [6.07, 6.45) is 0. The van der Waals surface area contributed by atoms with Crippen molar-refractivity contribution >= 4 is 5.69 Å². The van der Waals surface area contributed by atoms with E-state index in [-0.39, 0.29) is 17.0 Å². The van der Waals surface area contributed by atoms with Crippen LogP contribution in [0.15, 0.2) is 18.2 Å². The highest BCUT2D eigenvalue weighted by molar-refractivity contribution is 5.71. The van der Waals surface area contributed by atoms with Crippen LogP contribution in [0.4, 0.5) is 27.6 Å². The van der Waals surface area contributed by atoms with Crippen molar-refractivity contribution in [1.29, 1.82) is 0 Å². The molecule has 2 nitrogen and oxygen atoms in total. The molecule has 7 heteroatoms. The monoisotopic (exact) mass is 275 g/mol. The van der Waals surface area contributed by atoms with Crippen molar-refractivity contribution in [2.75, 3.05) is 5.73 Å². The SMILES string of the molecule is Nc1cc(-c2c(F)c(F)c(F)c(F)c2F)ccc1O. The molecule has 0 aromatic heterocycles. The minimum Gasteiger partial charge on any atom is -0.506 e. The van der Waals surface area contributed by atoms with Crippen molar-refractivity contribution in [3.63, 3.8) is 0 Å². The second kappa shape index (κ2) is 4.42. The van der Waals surface area contributed by atoms with Crippen LogP contribution >= 0.6 is 0 Å². The second-order valence-electron chi connectivity index (χ2n) is 3.72. The van der Waals surface area contributed by atoms with Crippen LogP contribution in [-0.4, -0.2) is 5.11 Å². The van der Waals surface area contributed by atoms with Gasteiger partial charge in [-0.2, -0.15) is 0 Å². The molecule has 0 saturated carbocycles. The Morgan fingerprint density at radius 2 is 1.26 bits per heavy atom. The van der Waals surface area contributed by atoms with Crippen LogP contribution in [0.2, 0.25) is 0 Å². The maximum atomic E-state index is 13.5. The zero-order valence-corrected chi connectivity index (χ0v) is 9.15. The zero-order valence-electron chi connectivity index (χ0n) is 9.15. The smallest absolute Gasteiger partial charge is 0.200 e. The molecule has 2 rings (SSSR count). The van der Waals surface area contributed by atoms with Crippen molar-refractivity contribution in [3.05, 3.63) is 47.3 Å². The third-order valence-corrected chi connectivity index (χ3v) is 2.53. The van der Waals surface area contributed by atoms with Gasteiger partial charge in [0, 0.05) is 0 Å². The summed E-state index contributed by atoms with van der Waals surface area (Å²) in [5.41, 5.74) is 3.63. The minimum atomic E-state index is -2.23. The standard InChI is InChI=1S/C12H6F5NO/c13-8-7(4-1-2-6(19)5(18)3-4)9(14)11(16)12(17)10(8)15/h1-3,19H,18H2. The molecule has 0 fully saturated rings. The molecule has 0 radical (unpaired) electrons. The van der Waals surface area contributed by atoms with E-state index in [4.69, 9.17) is 10.8 Å². The largest absolute Gasteiger partial charge is 0.506 e. The Labute approximate surface area is 103 Å². The number of anilines is 1. The van der Waals surface area contributed by atoms with Gasteiger partial charge in [0.05, 0.1) is 11.3 Å². The highest BCUT2D eigenvalue weighted by atomic mass is 19.2. The number of benzene rings is 2. The molecule has 0 spiro atoms. The zero-order chi connectivity index (χ0) is 14.3. The van der Waals surface area contributed by atoms with Crippen LogP contribution in [0.5, 0.6) is 5.75 Å². The van der Waals surface area contributed by atoms with E-state index in [0.717, 1.165) is 18.2 Å². The minimum absolute atomic E-state index is 0.249. The molecule has 0 heterocycles. The topological polar surface area (TPSA) is 46.2 Å². The molecule has 100 valence electrons. The van der Waals surface area contributed by atoms with Crippen LogP contribution in [0.3, 0.4) is 0 Å². The summed E-state index contributed by atoms with van der Waals surface area (Å²) in [6, 6.07) is 2.89. The van der Waals surface area contributed by atoms with Crippen LogP contribution in [0.25, 0.3) is 11.1 Å². The lowest BCUT2D eigenvalue weighted by molar-refractivity contribution is 0.381. The number of nitrogen functional groups attached to an aromatic ring is 1. The highest BCUT2D eigenvalue weighted by Crippen LogP contribution is 2.34. The lowest BCUT2D eigenvalue weighted by Gasteiger charge is -2.09. The molecule has 0 bridgehead atoms. The predicted octanol–water partition coefficient (Wildman–Crippen LogP) is 3.34. The van der Waals surface area contributed by atoms with E-state index < -0.39 is 34.6 Å². The molecule has 0 saturated heterocycles. The summed E-state index contributed by atoms with van der Waals surface area (Å²) in [6.45, 7) is 0. The van der Waals surface area contributed by atoms with Crippen LogP contribution < -0.4 is 5.73 Å². The number of phenolic OH excluding ortho intramolecular Hbond substituents is 1. The Bertz CT molecular complexity index is 643. The number of nitrogens with two attached hydrogens (primary N) is 1. The maximum absolute atomic E-state index is 13.5. The quantitative estimate of drug-likeness (QED) is 0.276. The predicted molar refractivity (Wildman–Crippen MR) is 57.7 cm³/mol. The van der Waals surface area contributed by atoms with Gasteiger partial charge in [-0.15, -0.1) is 0 Å². The first-order valence-electron chi connectivity index (χ1n) is 4.95. The molecule has 2 aromatic rings. The average Bonchev–Trinajstić information content (AvgIpc) is 2.38. The van der Waals surface area contributed by atoms with Gasteiger partial charge in [0.2, 0.25) is 5.82 Å². The number of hydrogen-bond acceptors (Lipinski definition) is 2.